The van der Waals surface area contributed by atoms with E-state index in [1.54, 1.807) is 6.07 Å². The molecule has 4 heterocycles. The lowest BCUT2D eigenvalue weighted by Gasteiger charge is -2.25. The molecule has 0 bridgehead atoms. The van der Waals surface area contributed by atoms with Crippen molar-refractivity contribution in [2.45, 2.75) is 57.6 Å². The number of aliphatic hydroxyl groups excluding tert-OH is 1. The maximum absolute atomic E-state index is 13.0. The summed E-state index contributed by atoms with van der Waals surface area (Å²) in [5, 5.41) is 24.0. The minimum atomic E-state index is -0.645. The molecule has 3 aromatic heterocycles. The molecule has 2 aliphatic rings. The minimum absolute atomic E-state index is 0.183. The third-order valence-electron chi connectivity index (χ3n) is 6.33. The van der Waals surface area contributed by atoms with Gasteiger partial charge in [0.05, 0.1) is 17.5 Å². The standard InChI is InChI=1S/C23H28N8O3/c1-12(2)15-10-18(30-29-15)27-21-20-14(6-7-17(20)32)26-23(28-21)31-9-3-4-16(31)22(34)25-13-5-8-19(33)24-11-13/h5,8,10-12,16-17,32H,3-4,6-7,9H2,1-2H3,(H,24,33)(H,25,34)(H2,26,27,28,29,30)/t16-,17+/m1/s1. The van der Waals surface area contributed by atoms with Crippen LogP contribution in [-0.4, -0.2) is 48.7 Å². The molecule has 3 aromatic rings. The molecule has 5 rings (SSSR count). The summed E-state index contributed by atoms with van der Waals surface area (Å²) in [7, 11) is 0. The Kier molecular flexibility index (Phi) is 5.78. The van der Waals surface area contributed by atoms with Gasteiger partial charge in [0.1, 0.15) is 11.9 Å². The maximum Gasteiger partial charge on any atom is 0.248 e. The summed E-state index contributed by atoms with van der Waals surface area (Å²) in [6.45, 7) is 4.80. The van der Waals surface area contributed by atoms with Crippen LogP contribution in [-0.2, 0) is 11.2 Å². The predicted octanol–water partition coefficient (Wildman–Crippen LogP) is 2.34. The predicted molar refractivity (Wildman–Crippen MR) is 127 cm³/mol. The van der Waals surface area contributed by atoms with Gasteiger partial charge in [-0.15, -0.1) is 0 Å². The van der Waals surface area contributed by atoms with Crippen LogP contribution in [0.15, 0.2) is 29.2 Å². The van der Waals surface area contributed by atoms with E-state index in [2.05, 4.69) is 39.7 Å². The average molecular weight is 465 g/mol. The third kappa shape index (κ3) is 4.26. The number of carbonyl (C=O) groups excluding carboxylic acids is 1. The number of aryl methyl sites for hydroxylation is 1. The van der Waals surface area contributed by atoms with Crippen molar-refractivity contribution in [3.8, 4) is 0 Å². The number of carbonyl (C=O) groups is 1. The summed E-state index contributed by atoms with van der Waals surface area (Å²) in [6, 6.07) is 4.42. The van der Waals surface area contributed by atoms with E-state index in [1.807, 2.05) is 11.0 Å². The first-order valence-corrected chi connectivity index (χ1v) is 11.6. The SMILES string of the molecule is CC(C)c1cc(Nc2nc(N3CCC[C@@H]3C(=O)Nc3ccc(=O)[nH]c3)nc3c2[C@@H](O)CC3)n[nH]1. The number of amides is 1. The Morgan fingerprint density at radius 2 is 2.12 bits per heavy atom. The van der Waals surface area contributed by atoms with Crippen LogP contribution in [0, 0.1) is 0 Å². The van der Waals surface area contributed by atoms with Crippen molar-refractivity contribution in [1.29, 1.82) is 0 Å². The van der Waals surface area contributed by atoms with Gasteiger partial charge in [-0.1, -0.05) is 13.8 Å². The Balaban J connectivity index is 1.43. The number of hydrogen-bond donors (Lipinski definition) is 5. The molecule has 2 atom stereocenters. The highest BCUT2D eigenvalue weighted by atomic mass is 16.3. The van der Waals surface area contributed by atoms with E-state index in [9.17, 15) is 14.7 Å². The summed E-state index contributed by atoms with van der Waals surface area (Å²) in [5.41, 5.74) is 2.76. The zero-order valence-corrected chi connectivity index (χ0v) is 19.1. The summed E-state index contributed by atoms with van der Waals surface area (Å²) < 4.78 is 0. The van der Waals surface area contributed by atoms with E-state index in [0.29, 0.717) is 60.6 Å². The first-order valence-electron chi connectivity index (χ1n) is 11.6. The molecule has 1 saturated heterocycles. The van der Waals surface area contributed by atoms with E-state index in [1.165, 1.54) is 12.3 Å². The molecular weight excluding hydrogens is 436 g/mol. The fraction of sp³-hybridized carbons (Fsp3) is 0.435. The molecule has 0 saturated carbocycles. The van der Waals surface area contributed by atoms with Gasteiger partial charge in [0.15, 0.2) is 5.82 Å². The lowest BCUT2D eigenvalue weighted by atomic mass is 10.1. The number of fused-ring (bicyclic) bond motifs is 1. The van der Waals surface area contributed by atoms with Gasteiger partial charge in [-0.3, -0.25) is 14.7 Å². The van der Waals surface area contributed by atoms with Gasteiger partial charge in [0.2, 0.25) is 17.4 Å². The van der Waals surface area contributed by atoms with Gasteiger partial charge in [-0.25, -0.2) is 4.98 Å². The number of nitrogens with one attached hydrogen (secondary N) is 4. The van der Waals surface area contributed by atoms with Crippen LogP contribution in [0.3, 0.4) is 0 Å². The molecule has 0 spiro atoms. The second-order valence-electron chi connectivity index (χ2n) is 9.06. The number of aliphatic hydroxyl groups is 1. The smallest absolute Gasteiger partial charge is 0.248 e. The number of hydrogen-bond acceptors (Lipinski definition) is 8. The van der Waals surface area contributed by atoms with Crippen LogP contribution in [0.5, 0.6) is 0 Å². The van der Waals surface area contributed by atoms with Gasteiger partial charge < -0.3 is 25.6 Å². The third-order valence-corrected chi connectivity index (χ3v) is 6.33. The van der Waals surface area contributed by atoms with Crippen LogP contribution in [0.2, 0.25) is 0 Å². The molecule has 11 heteroatoms. The van der Waals surface area contributed by atoms with Gasteiger partial charge in [-0.2, -0.15) is 10.1 Å². The summed E-state index contributed by atoms with van der Waals surface area (Å²) >= 11 is 0. The van der Waals surface area contributed by atoms with E-state index >= 15 is 0 Å². The largest absolute Gasteiger partial charge is 0.388 e. The monoisotopic (exact) mass is 464 g/mol. The number of rotatable bonds is 6. The number of aromatic nitrogens is 5. The van der Waals surface area contributed by atoms with Crippen LogP contribution < -0.4 is 21.1 Å². The Hall–Kier alpha value is -3.73. The lowest BCUT2D eigenvalue weighted by molar-refractivity contribution is -0.117. The first-order chi connectivity index (χ1) is 16.4. The highest BCUT2D eigenvalue weighted by Crippen LogP contribution is 2.38. The van der Waals surface area contributed by atoms with Crippen molar-refractivity contribution in [3.63, 3.8) is 0 Å². The van der Waals surface area contributed by atoms with Gasteiger partial charge in [0, 0.05) is 36.1 Å². The Labute approximate surface area is 196 Å². The number of pyridine rings is 1. The first kappa shape index (κ1) is 22.1. The van der Waals surface area contributed by atoms with Gasteiger partial charge >= 0.3 is 0 Å². The second kappa shape index (κ2) is 8.90. The lowest BCUT2D eigenvalue weighted by Crippen LogP contribution is -2.40. The molecule has 0 aromatic carbocycles. The molecule has 1 aliphatic carbocycles. The molecule has 34 heavy (non-hydrogen) atoms. The Morgan fingerprint density at radius 1 is 1.26 bits per heavy atom. The van der Waals surface area contributed by atoms with Crippen molar-refractivity contribution in [2.75, 3.05) is 22.1 Å². The Bertz CT molecular complexity index is 1250. The number of aromatic amines is 2. The molecule has 0 unspecified atom stereocenters. The molecular formula is C23H28N8O3. The number of H-pyrrole nitrogens is 2. The van der Waals surface area contributed by atoms with Crippen LogP contribution in [0.1, 0.15) is 62.1 Å². The average Bonchev–Trinajstić information content (AvgIpc) is 3.55. The number of anilines is 4. The van der Waals surface area contributed by atoms with Gasteiger partial charge in [-0.05, 0) is 37.7 Å². The van der Waals surface area contributed by atoms with E-state index in [0.717, 1.165) is 17.8 Å². The second-order valence-corrected chi connectivity index (χ2v) is 9.06. The summed E-state index contributed by atoms with van der Waals surface area (Å²) in [6.07, 6.45) is 3.54. The molecule has 5 N–H and O–H groups in total. The van der Waals surface area contributed by atoms with Crippen molar-refractivity contribution in [2.24, 2.45) is 0 Å². The van der Waals surface area contributed by atoms with Crippen molar-refractivity contribution >= 4 is 29.2 Å². The van der Waals surface area contributed by atoms with Crippen molar-refractivity contribution < 1.29 is 9.90 Å². The molecule has 1 aliphatic heterocycles. The van der Waals surface area contributed by atoms with E-state index in [4.69, 9.17) is 9.97 Å². The molecule has 0 radical (unpaired) electrons. The number of nitrogens with zero attached hydrogens (tertiary/aromatic N) is 4. The highest BCUT2D eigenvalue weighted by molar-refractivity contribution is 5.96. The van der Waals surface area contributed by atoms with E-state index < -0.39 is 12.1 Å². The maximum atomic E-state index is 13.0. The zero-order chi connectivity index (χ0) is 23.8. The Morgan fingerprint density at radius 3 is 2.85 bits per heavy atom. The molecule has 178 valence electrons. The normalized spacial score (nSPS) is 19.5. The minimum Gasteiger partial charge on any atom is -0.388 e. The molecule has 1 amide bonds. The highest BCUT2D eigenvalue weighted by Gasteiger charge is 2.35. The van der Waals surface area contributed by atoms with E-state index in [-0.39, 0.29) is 11.5 Å². The fourth-order valence-electron chi connectivity index (χ4n) is 4.50. The van der Waals surface area contributed by atoms with Crippen LogP contribution in [0.4, 0.5) is 23.3 Å². The van der Waals surface area contributed by atoms with Crippen molar-refractivity contribution in [1.82, 2.24) is 25.1 Å². The van der Waals surface area contributed by atoms with Crippen molar-refractivity contribution in [3.05, 3.63) is 51.7 Å². The molecule has 1 fully saturated rings. The van der Waals surface area contributed by atoms with Gasteiger partial charge in [0.25, 0.3) is 0 Å². The summed E-state index contributed by atoms with van der Waals surface area (Å²) in [4.78, 5) is 38.3. The van der Waals surface area contributed by atoms with Crippen LogP contribution >= 0.6 is 0 Å². The zero-order valence-electron chi connectivity index (χ0n) is 19.1. The quantitative estimate of drug-likeness (QED) is 0.373. The van der Waals surface area contributed by atoms with Crippen LogP contribution in [0.25, 0.3) is 0 Å². The summed E-state index contributed by atoms with van der Waals surface area (Å²) in [5.74, 6) is 1.69. The topological polar surface area (TPSA) is 152 Å². The molecule has 11 nitrogen and oxygen atoms in total. The fourth-order valence-corrected chi connectivity index (χ4v) is 4.50.